The van der Waals surface area contributed by atoms with Crippen LogP contribution < -0.4 is 4.74 Å². The van der Waals surface area contributed by atoms with Gasteiger partial charge in [-0.15, -0.1) is 0 Å². The number of aryl methyl sites for hydroxylation is 1. The summed E-state index contributed by atoms with van der Waals surface area (Å²) in [5.41, 5.74) is 0. The van der Waals surface area contributed by atoms with Crippen molar-refractivity contribution in [1.82, 2.24) is 24.0 Å². The summed E-state index contributed by atoms with van der Waals surface area (Å²) in [7, 11) is 3.38. The van der Waals surface area contributed by atoms with Gasteiger partial charge < -0.3 is 9.64 Å². The number of thioether (sulfide) groups is 1. The van der Waals surface area contributed by atoms with E-state index in [0.29, 0.717) is 17.0 Å². The smallest absolute Gasteiger partial charge is 0.293 e. The molecule has 0 spiro atoms. The molecule has 108 valence electrons. The number of hydrogen-bond donors (Lipinski definition) is 0. The first-order valence-corrected chi connectivity index (χ1v) is 7.57. The largest absolute Gasteiger partial charge is 0.469 e. The Balaban J connectivity index is 1.71. The number of ether oxygens (including phenoxy) is 1. The average Bonchev–Trinajstić information content (AvgIpc) is 3.06. The zero-order valence-electron chi connectivity index (χ0n) is 11.2. The van der Waals surface area contributed by atoms with Crippen molar-refractivity contribution in [1.29, 1.82) is 0 Å². The van der Waals surface area contributed by atoms with Crippen LogP contribution in [-0.4, -0.2) is 50.0 Å². The van der Waals surface area contributed by atoms with Gasteiger partial charge in [0.1, 0.15) is 0 Å². The first-order valence-electron chi connectivity index (χ1n) is 5.98. The number of aromatic nitrogens is 4. The predicted molar refractivity (Wildman–Crippen MR) is 77.2 cm³/mol. The van der Waals surface area contributed by atoms with Crippen molar-refractivity contribution in [3.05, 3.63) is 18.5 Å². The molecule has 0 aliphatic carbocycles. The molecule has 2 rings (SSSR count). The minimum Gasteiger partial charge on any atom is -0.469 e. The van der Waals surface area contributed by atoms with E-state index in [-0.39, 0.29) is 5.24 Å². The number of carbonyl (C=O) groups excluding carboxylic acids is 1. The van der Waals surface area contributed by atoms with E-state index in [1.165, 1.54) is 4.90 Å². The Morgan fingerprint density at radius 3 is 3.10 bits per heavy atom. The Hall–Kier alpha value is -1.61. The highest BCUT2D eigenvalue weighted by molar-refractivity contribution is 8.13. The van der Waals surface area contributed by atoms with E-state index in [4.69, 9.17) is 4.74 Å². The molecule has 0 fully saturated rings. The van der Waals surface area contributed by atoms with E-state index in [9.17, 15) is 4.79 Å². The van der Waals surface area contributed by atoms with Crippen LogP contribution in [0.15, 0.2) is 23.6 Å². The normalized spacial score (nSPS) is 10.5. The second-order valence-corrected chi connectivity index (χ2v) is 5.71. The zero-order chi connectivity index (χ0) is 14.4. The molecule has 1 amide bonds. The third-order valence-corrected chi connectivity index (χ3v) is 3.90. The van der Waals surface area contributed by atoms with Gasteiger partial charge in [-0.1, -0.05) is 0 Å². The van der Waals surface area contributed by atoms with Crippen LogP contribution in [-0.2, 0) is 6.54 Å². The number of hydrogen-bond acceptors (Lipinski definition) is 7. The zero-order valence-corrected chi connectivity index (χ0v) is 12.9. The Kier molecular flexibility index (Phi) is 5.36. The van der Waals surface area contributed by atoms with E-state index in [1.807, 2.05) is 16.9 Å². The van der Waals surface area contributed by atoms with Gasteiger partial charge in [-0.3, -0.25) is 9.48 Å². The molecule has 2 aromatic rings. The van der Waals surface area contributed by atoms with Crippen molar-refractivity contribution in [2.24, 2.45) is 0 Å². The van der Waals surface area contributed by atoms with Gasteiger partial charge in [0, 0.05) is 62.7 Å². The molecule has 0 radical (unpaired) electrons. The third-order valence-electron chi connectivity index (χ3n) is 2.25. The van der Waals surface area contributed by atoms with Gasteiger partial charge in [0.2, 0.25) is 5.16 Å². The van der Waals surface area contributed by atoms with Crippen molar-refractivity contribution >= 4 is 28.5 Å². The SMILES string of the molecule is CN(C)C(=O)Sc1nsc(OCCCn2cccn2)n1. The molecule has 9 heteroatoms. The molecular formula is C11H15N5O2S2. The lowest BCUT2D eigenvalue weighted by molar-refractivity contribution is 0.241. The lowest BCUT2D eigenvalue weighted by Gasteiger charge is -2.06. The van der Waals surface area contributed by atoms with Crippen LogP contribution in [0.1, 0.15) is 6.42 Å². The van der Waals surface area contributed by atoms with Gasteiger partial charge >= 0.3 is 0 Å². The quantitative estimate of drug-likeness (QED) is 0.600. The van der Waals surface area contributed by atoms with Gasteiger partial charge in [0.25, 0.3) is 10.4 Å². The summed E-state index contributed by atoms with van der Waals surface area (Å²) < 4.78 is 11.4. The lowest BCUT2D eigenvalue weighted by atomic mass is 10.4. The summed E-state index contributed by atoms with van der Waals surface area (Å²) in [6.45, 7) is 1.34. The molecule has 0 bridgehead atoms. The summed E-state index contributed by atoms with van der Waals surface area (Å²) in [6.07, 6.45) is 4.49. The van der Waals surface area contributed by atoms with Crippen LogP contribution in [0.25, 0.3) is 0 Å². The summed E-state index contributed by atoms with van der Waals surface area (Å²) in [4.78, 5) is 17.1. The summed E-state index contributed by atoms with van der Waals surface area (Å²) in [5.74, 6) is 0. The Morgan fingerprint density at radius 1 is 1.55 bits per heavy atom. The minimum atomic E-state index is -0.104. The maximum atomic E-state index is 11.5. The summed E-state index contributed by atoms with van der Waals surface area (Å²) >= 11 is 2.14. The van der Waals surface area contributed by atoms with Crippen molar-refractivity contribution < 1.29 is 9.53 Å². The van der Waals surface area contributed by atoms with Crippen molar-refractivity contribution in [2.45, 2.75) is 18.1 Å². The first kappa shape index (κ1) is 14.8. The fourth-order valence-electron chi connectivity index (χ4n) is 1.29. The molecule has 0 aliphatic heterocycles. The summed E-state index contributed by atoms with van der Waals surface area (Å²) in [5, 5.41) is 4.91. The second-order valence-electron chi connectivity index (χ2n) is 4.08. The molecule has 2 aromatic heterocycles. The fraction of sp³-hybridized carbons (Fsp3) is 0.455. The van der Waals surface area contributed by atoms with Crippen LogP contribution >= 0.6 is 23.3 Å². The molecule has 0 unspecified atom stereocenters. The lowest BCUT2D eigenvalue weighted by Crippen LogP contribution is -2.16. The minimum absolute atomic E-state index is 0.104. The van der Waals surface area contributed by atoms with Crippen LogP contribution in [0.2, 0.25) is 0 Å². The monoisotopic (exact) mass is 313 g/mol. The molecule has 0 aliphatic rings. The molecule has 20 heavy (non-hydrogen) atoms. The van der Waals surface area contributed by atoms with E-state index in [2.05, 4.69) is 14.5 Å². The van der Waals surface area contributed by atoms with Crippen LogP contribution in [0.4, 0.5) is 4.79 Å². The maximum absolute atomic E-state index is 11.5. The molecular weight excluding hydrogens is 298 g/mol. The van der Waals surface area contributed by atoms with Gasteiger partial charge in [-0.2, -0.15) is 14.5 Å². The van der Waals surface area contributed by atoms with E-state index >= 15 is 0 Å². The van der Waals surface area contributed by atoms with Crippen LogP contribution in [0.3, 0.4) is 0 Å². The Labute approximate surface area is 125 Å². The van der Waals surface area contributed by atoms with Gasteiger partial charge in [-0.25, -0.2) is 0 Å². The molecule has 0 aromatic carbocycles. The summed E-state index contributed by atoms with van der Waals surface area (Å²) in [6, 6.07) is 1.89. The number of amides is 1. The van der Waals surface area contributed by atoms with Gasteiger partial charge in [0.15, 0.2) is 0 Å². The number of carbonyl (C=O) groups is 1. The Bertz CT molecular complexity index is 541. The van der Waals surface area contributed by atoms with Crippen molar-refractivity contribution in [3.63, 3.8) is 0 Å². The fourth-order valence-corrected chi connectivity index (χ4v) is 2.53. The highest BCUT2D eigenvalue weighted by atomic mass is 32.2. The second kappa shape index (κ2) is 7.25. The van der Waals surface area contributed by atoms with Gasteiger partial charge in [0.05, 0.1) is 6.61 Å². The molecule has 2 heterocycles. The van der Waals surface area contributed by atoms with Crippen molar-refractivity contribution in [3.8, 4) is 5.19 Å². The average molecular weight is 313 g/mol. The van der Waals surface area contributed by atoms with Crippen LogP contribution in [0.5, 0.6) is 5.19 Å². The van der Waals surface area contributed by atoms with E-state index in [0.717, 1.165) is 36.3 Å². The molecule has 0 saturated carbocycles. The first-order chi connectivity index (χ1) is 9.65. The predicted octanol–water partition coefficient (Wildman–Crippen LogP) is 1.98. The number of rotatable bonds is 6. The van der Waals surface area contributed by atoms with Crippen LogP contribution in [0, 0.1) is 0 Å². The molecule has 7 nitrogen and oxygen atoms in total. The van der Waals surface area contributed by atoms with E-state index in [1.54, 1.807) is 20.3 Å². The molecule has 0 N–H and O–H groups in total. The standard InChI is InChI=1S/C11H15N5O2S2/c1-15(2)11(17)19-9-13-10(20-14-9)18-8-4-7-16-6-3-5-12-16/h3,5-6H,4,7-8H2,1-2H3. The molecule has 0 atom stereocenters. The highest BCUT2D eigenvalue weighted by Gasteiger charge is 2.12. The highest BCUT2D eigenvalue weighted by Crippen LogP contribution is 2.23. The third kappa shape index (κ3) is 4.49. The maximum Gasteiger partial charge on any atom is 0.293 e. The topological polar surface area (TPSA) is 73.1 Å². The van der Waals surface area contributed by atoms with Crippen molar-refractivity contribution in [2.75, 3.05) is 20.7 Å². The van der Waals surface area contributed by atoms with Gasteiger partial charge in [-0.05, 0) is 6.07 Å². The van der Waals surface area contributed by atoms with E-state index < -0.39 is 0 Å². The molecule has 0 saturated heterocycles. The number of nitrogens with zero attached hydrogens (tertiary/aromatic N) is 5. The Morgan fingerprint density at radius 2 is 2.40 bits per heavy atom.